The predicted molar refractivity (Wildman–Crippen MR) is 96.4 cm³/mol. The molecule has 1 aliphatic heterocycles. The number of carbonyl (C=O) groups is 1. The molecule has 1 aliphatic rings. The minimum absolute atomic E-state index is 0.269. The van der Waals surface area contributed by atoms with Crippen LogP contribution in [-0.2, 0) is 4.74 Å². The molecule has 132 valence electrons. The summed E-state index contributed by atoms with van der Waals surface area (Å²) in [4.78, 5) is 14.4. The molecule has 0 spiro atoms. The highest BCUT2D eigenvalue weighted by molar-refractivity contribution is 6.30. The van der Waals surface area contributed by atoms with Crippen LogP contribution in [0.3, 0.4) is 0 Å². The fourth-order valence-corrected chi connectivity index (χ4v) is 2.90. The van der Waals surface area contributed by atoms with Crippen LogP contribution in [0.5, 0.6) is 0 Å². The fourth-order valence-electron chi connectivity index (χ4n) is 2.77. The van der Waals surface area contributed by atoms with Gasteiger partial charge in [0.25, 0.3) is 5.91 Å². The second-order valence-corrected chi connectivity index (χ2v) is 6.35. The maximum atomic E-state index is 14.4. The maximum absolute atomic E-state index is 14.4. The molecule has 2 aromatic carbocycles. The van der Waals surface area contributed by atoms with Crippen molar-refractivity contribution in [2.45, 2.75) is 0 Å². The molecule has 1 heterocycles. The Kier molecular flexibility index (Phi) is 6.02. The van der Waals surface area contributed by atoms with Crippen LogP contribution in [0.2, 0.25) is 5.02 Å². The van der Waals surface area contributed by atoms with Gasteiger partial charge in [-0.1, -0.05) is 29.8 Å². The number of hydrogen-bond acceptors (Lipinski definition) is 3. The number of amides is 1. The molecule has 1 saturated heterocycles. The van der Waals surface area contributed by atoms with Gasteiger partial charge in [0.05, 0.1) is 13.2 Å². The molecule has 0 bridgehead atoms. The minimum Gasteiger partial charge on any atom is -0.379 e. The minimum atomic E-state index is -0.428. The van der Waals surface area contributed by atoms with E-state index >= 15 is 0 Å². The first kappa shape index (κ1) is 17.9. The number of benzene rings is 2. The number of morpholine rings is 1. The summed E-state index contributed by atoms with van der Waals surface area (Å²) in [5.41, 5.74) is 1.49. The predicted octanol–water partition coefficient (Wildman–Crippen LogP) is 3.21. The summed E-state index contributed by atoms with van der Waals surface area (Å²) in [6, 6.07) is 11.5. The molecule has 0 saturated carbocycles. The van der Waals surface area contributed by atoms with E-state index in [9.17, 15) is 9.18 Å². The van der Waals surface area contributed by atoms with E-state index in [4.69, 9.17) is 16.3 Å². The van der Waals surface area contributed by atoms with E-state index < -0.39 is 5.82 Å². The lowest BCUT2D eigenvalue weighted by Gasteiger charge is -2.26. The Labute approximate surface area is 151 Å². The molecule has 1 amide bonds. The van der Waals surface area contributed by atoms with Crippen molar-refractivity contribution in [3.8, 4) is 11.1 Å². The smallest absolute Gasteiger partial charge is 0.251 e. The average Bonchev–Trinajstić information content (AvgIpc) is 2.63. The number of nitrogens with one attached hydrogen (secondary N) is 1. The third kappa shape index (κ3) is 4.78. The Morgan fingerprint density at radius 3 is 2.56 bits per heavy atom. The van der Waals surface area contributed by atoms with Crippen LogP contribution >= 0.6 is 11.6 Å². The average molecular weight is 363 g/mol. The standard InChI is InChI=1S/C19H20ClFN2O2/c20-16-4-1-14(2-5-16)17-6-3-15(13-18(17)21)19(24)22-7-8-23-9-11-25-12-10-23/h1-6,13H,7-12H2,(H,22,24). The van der Waals surface area contributed by atoms with Gasteiger partial charge in [-0.2, -0.15) is 0 Å². The van der Waals surface area contributed by atoms with E-state index in [-0.39, 0.29) is 5.91 Å². The Balaban J connectivity index is 1.59. The Morgan fingerprint density at radius 2 is 1.88 bits per heavy atom. The van der Waals surface area contributed by atoms with Gasteiger partial charge in [0.15, 0.2) is 0 Å². The second kappa shape index (κ2) is 8.43. The lowest BCUT2D eigenvalue weighted by molar-refractivity contribution is 0.0383. The monoisotopic (exact) mass is 362 g/mol. The highest BCUT2D eigenvalue weighted by Gasteiger charge is 2.13. The summed E-state index contributed by atoms with van der Waals surface area (Å²) < 4.78 is 19.7. The Morgan fingerprint density at radius 1 is 1.16 bits per heavy atom. The molecule has 0 radical (unpaired) electrons. The fraction of sp³-hybridized carbons (Fsp3) is 0.316. The van der Waals surface area contributed by atoms with Crippen molar-refractivity contribution < 1.29 is 13.9 Å². The number of ether oxygens (including phenoxy) is 1. The van der Waals surface area contributed by atoms with E-state index in [1.807, 2.05) is 0 Å². The molecule has 2 aromatic rings. The van der Waals surface area contributed by atoms with E-state index in [2.05, 4.69) is 10.2 Å². The summed E-state index contributed by atoms with van der Waals surface area (Å²) in [6.07, 6.45) is 0. The molecular weight excluding hydrogens is 343 g/mol. The third-order valence-electron chi connectivity index (χ3n) is 4.20. The van der Waals surface area contributed by atoms with Crippen LogP contribution in [0, 0.1) is 5.82 Å². The first-order valence-corrected chi connectivity index (χ1v) is 8.65. The van der Waals surface area contributed by atoms with Gasteiger partial charge in [0.2, 0.25) is 0 Å². The molecule has 4 nitrogen and oxygen atoms in total. The molecular formula is C19H20ClFN2O2. The van der Waals surface area contributed by atoms with Crippen LogP contribution in [0.25, 0.3) is 11.1 Å². The number of hydrogen-bond donors (Lipinski definition) is 1. The van der Waals surface area contributed by atoms with E-state index in [0.717, 1.165) is 38.4 Å². The first-order chi connectivity index (χ1) is 12.1. The molecule has 3 rings (SSSR count). The highest BCUT2D eigenvalue weighted by atomic mass is 35.5. The topological polar surface area (TPSA) is 41.6 Å². The highest BCUT2D eigenvalue weighted by Crippen LogP contribution is 2.25. The van der Waals surface area contributed by atoms with Gasteiger partial charge in [0, 0.05) is 42.3 Å². The maximum Gasteiger partial charge on any atom is 0.251 e. The van der Waals surface area contributed by atoms with E-state index in [1.54, 1.807) is 36.4 Å². The number of rotatable bonds is 5. The van der Waals surface area contributed by atoms with Gasteiger partial charge in [-0.25, -0.2) is 4.39 Å². The molecule has 25 heavy (non-hydrogen) atoms. The molecule has 1 N–H and O–H groups in total. The van der Waals surface area contributed by atoms with E-state index in [1.165, 1.54) is 6.07 Å². The molecule has 0 atom stereocenters. The quantitative estimate of drug-likeness (QED) is 0.888. The van der Waals surface area contributed by atoms with Gasteiger partial charge in [-0.15, -0.1) is 0 Å². The van der Waals surface area contributed by atoms with Gasteiger partial charge in [-0.05, 0) is 29.8 Å². The van der Waals surface area contributed by atoms with Crippen LogP contribution in [-0.4, -0.2) is 50.2 Å². The summed E-state index contributed by atoms with van der Waals surface area (Å²) >= 11 is 5.85. The summed E-state index contributed by atoms with van der Waals surface area (Å²) in [7, 11) is 0. The number of nitrogens with zero attached hydrogens (tertiary/aromatic N) is 1. The van der Waals surface area contributed by atoms with Crippen molar-refractivity contribution in [2.75, 3.05) is 39.4 Å². The van der Waals surface area contributed by atoms with Crippen molar-refractivity contribution >= 4 is 17.5 Å². The zero-order valence-electron chi connectivity index (χ0n) is 13.8. The van der Waals surface area contributed by atoms with Gasteiger partial charge in [0.1, 0.15) is 5.82 Å². The molecule has 0 aliphatic carbocycles. The van der Waals surface area contributed by atoms with Crippen LogP contribution in [0.1, 0.15) is 10.4 Å². The van der Waals surface area contributed by atoms with Crippen LogP contribution < -0.4 is 5.32 Å². The molecule has 0 unspecified atom stereocenters. The SMILES string of the molecule is O=C(NCCN1CCOCC1)c1ccc(-c2ccc(Cl)cc2)c(F)c1. The van der Waals surface area contributed by atoms with Gasteiger partial charge >= 0.3 is 0 Å². The van der Waals surface area contributed by atoms with Crippen molar-refractivity contribution in [1.82, 2.24) is 10.2 Å². The van der Waals surface area contributed by atoms with Gasteiger partial charge < -0.3 is 10.1 Å². The number of carbonyl (C=O) groups excluding carboxylic acids is 1. The van der Waals surface area contributed by atoms with Gasteiger partial charge in [-0.3, -0.25) is 9.69 Å². The lowest BCUT2D eigenvalue weighted by Crippen LogP contribution is -2.41. The van der Waals surface area contributed by atoms with E-state index in [0.29, 0.717) is 22.7 Å². The first-order valence-electron chi connectivity index (χ1n) is 8.27. The second-order valence-electron chi connectivity index (χ2n) is 5.91. The summed E-state index contributed by atoms with van der Waals surface area (Å²) in [6.45, 7) is 4.50. The molecule has 0 aromatic heterocycles. The Bertz CT molecular complexity index is 731. The largest absolute Gasteiger partial charge is 0.379 e. The van der Waals surface area contributed by atoms with Crippen molar-refractivity contribution in [3.63, 3.8) is 0 Å². The molecule has 1 fully saturated rings. The van der Waals surface area contributed by atoms with Crippen LogP contribution in [0.4, 0.5) is 4.39 Å². The zero-order chi connectivity index (χ0) is 17.6. The van der Waals surface area contributed by atoms with Crippen molar-refractivity contribution in [1.29, 1.82) is 0 Å². The third-order valence-corrected chi connectivity index (χ3v) is 4.46. The lowest BCUT2D eigenvalue weighted by atomic mass is 10.0. The van der Waals surface area contributed by atoms with Crippen LogP contribution in [0.15, 0.2) is 42.5 Å². The normalized spacial score (nSPS) is 15.1. The van der Waals surface area contributed by atoms with Crippen molar-refractivity contribution in [2.24, 2.45) is 0 Å². The van der Waals surface area contributed by atoms with Crippen molar-refractivity contribution in [3.05, 3.63) is 58.9 Å². The summed E-state index contributed by atoms with van der Waals surface area (Å²) in [5, 5.41) is 3.43. The number of halogens is 2. The Hall–Kier alpha value is -1.95. The molecule has 6 heteroatoms. The summed E-state index contributed by atoms with van der Waals surface area (Å²) in [5.74, 6) is -0.696. The zero-order valence-corrected chi connectivity index (χ0v) is 14.6.